The van der Waals surface area contributed by atoms with Crippen LogP contribution in [-0.2, 0) is 16.1 Å². The zero-order chi connectivity index (χ0) is 17.0. The average Bonchev–Trinajstić information content (AvgIpc) is 2.85. The first-order valence-electron chi connectivity index (χ1n) is 7.32. The fourth-order valence-corrected chi connectivity index (χ4v) is 1.88. The highest BCUT2D eigenvalue weighted by Crippen LogP contribution is 2.07. The molecule has 0 spiro atoms. The summed E-state index contributed by atoms with van der Waals surface area (Å²) in [6.07, 6.45) is 1.19. The number of alkyl carbamates (subject to hydrolysis) is 1. The highest BCUT2D eigenvalue weighted by Gasteiger charge is 2.21. The summed E-state index contributed by atoms with van der Waals surface area (Å²) >= 11 is 0. The third-order valence-electron chi connectivity index (χ3n) is 2.93. The van der Waals surface area contributed by atoms with Gasteiger partial charge in [0.1, 0.15) is 11.6 Å². The van der Waals surface area contributed by atoms with Gasteiger partial charge in [-0.15, -0.1) is 10.2 Å². The maximum absolute atomic E-state index is 12.0. The molecule has 2 aromatic heterocycles. The number of hydrogen-bond acceptors (Lipinski definition) is 5. The SMILES string of the molecule is C[C@@H](NC(=O)OC(C)(C)C)C(=O)NCc1nnc2ccccn12. The molecule has 2 aromatic rings. The van der Waals surface area contributed by atoms with E-state index in [1.807, 2.05) is 24.4 Å². The van der Waals surface area contributed by atoms with Crippen molar-refractivity contribution in [1.29, 1.82) is 0 Å². The molecule has 23 heavy (non-hydrogen) atoms. The standard InChI is InChI=1S/C15H21N5O3/c1-10(17-14(22)23-15(2,3)4)13(21)16-9-12-19-18-11-7-5-6-8-20(11)12/h5-8,10H,9H2,1-4H3,(H,16,21)(H,17,22)/t10-/m1/s1. The van der Waals surface area contributed by atoms with Gasteiger partial charge >= 0.3 is 6.09 Å². The molecule has 0 aliphatic rings. The Balaban J connectivity index is 1.88. The van der Waals surface area contributed by atoms with Gasteiger partial charge in [0, 0.05) is 6.20 Å². The Morgan fingerprint density at radius 1 is 1.30 bits per heavy atom. The first kappa shape index (κ1) is 16.7. The fourth-order valence-electron chi connectivity index (χ4n) is 1.88. The van der Waals surface area contributed by atoms with Crippen molar-refractivity contribution in [2.75, 3.05) is 0 Å². The van der Waals surface area contributed by atoms with E-state index in [1.54, 1.807) is 32.1 Å². The molecule has 0 unspecified atom stereocenters. The second kappa shape index (κ2) is 6.64. The van der Waals surface area contributed by atoms with Crippen LogP contribution in [0, 0.1) is 0 Å². The minimum absolute atomic E-state index is 0.213. The van der Waals surface area contributed by atoms with Crippen molar-refractivity contribution < 1.29 is 14.3 Å². The van der Waals surface area contributed by atoms with E-state index < -0.39 is 17.7 Å². The molecule has 0 aliphatic heterocycles. The molecular formula is C15H21N5O3. The summed E-state index contributed by atoms with van der Waals surface area (Å²) in [7, 11) is 0. The van der Waals surface area contributed by atoms with Crippen LogP contribution < -0.4 is 10.6 Å². The predicted molar refractivity (Wildman–Crippen MR) is 83.7 cm³/mol. The average molecular weight is 319 g/mol. The van der Waals surface area contributed by atoms with Crippen LogP contribution in [0.2, 0.25) is 0 Å². The van der Waals surface area contributed by atoms with Crippen molar-refractivity contribution in [2.24, 2.45) is 0 Å². The second-order valence-electron chi connectivity index (χ2n) is 6.13. The summed E-state index contributed by atoms with van der Waals surface area (Å²) in [5.74, 6) is 0.280. The number of aromatic nitrogens is 3. The number of rotatable bonds is 4. The predicted octanol–water partition coefficient (Wildman–Crippen LogP) is 1.26. The maximum atomic E-state index is 12.0. The van der Waals surface area contributed by atoms with Crippen molar-refractivity contribution in [2.45, 2.75) is 45.9 Å². The van der Waals surface area contributed by atoms with Gasteiger partial charge in [-0.05, 0) is 39.8 Å². The Kier molecular flexibility index (Phi) is 4.83. The van der Waals surface area contributed by atoms with Crippen LogP contribution in [0.4, 0.5) is 4.79 Å². The molecule has 124 valence electrons. The van der Waals surface area contributed by atoms with Gasteiger partial charge < -0.3 is 15.4 Å². The lowest BCUT2D eigenvalue weighted by atomic mass is 10.2. The Morgan fingerprint density at radius 3 is 2.74 bits per heavy atom. The van der Waals surface area contributed by atoms with Crippen LogP contribution in [0.25, 0.3) is 5.65 Å². The molecule has 8 heteroatoms. The highest BCUT2D eigenvalue weighted by atomic mass is 16.6. The number of carbonyl (C=O) groups excluding carboxylic acids is 2. The van der Waals surface area contributed by atoms with Gasteiger partial charge in [0.25, 0.3) is 0 Å². The molecule has 2 rings (SSSR count). The van der Waals surface area contributed by atoms with Crippen LogP contribution in [0.5, 0.6) is 0 Å². The third-order valence-corrected chi connectivity index (χ3v) is 2.93. The van der Waals surface area contributed by atoms with Gasteiger partial charge in [0.2, 0.25) is 5.91 Å². The molecule has 0 bridgehead atoms. The number of ether oxygens (including phenoxy) is 1. The zero-order valence-corrected chi connectivity index (χ0v) is 13.7. The monoisotopic (exact) mass is 319 g/mol. The first-order chi connectivity index (χ1) is 10.8. The number of amides is 2. The molecule has 0 aromatic carbocycles. The Bertz CT molecular complexity index is 704. The lowest BCUT2D eigenvalue weighted by molar-refractivity contribution is -0.123. The number of fused-ring (bicyclic) bond motifs is 1. The van der Waals surface area contributed by atoms with Crippen LogP contribution in [0.15, 0.2) is 24.4 Å². The minimum atomic E-state index is -0.718. The smallest absolute Gasteiger partial charge is 0.408 e. The lowest BCUT2D eigenvalue weighted by Crippen LogP contribution is -2.46. The molecule has 0 saturated heterocycles. The number of carbonyl (C=O) groups is 2. The number of nitrogens with one attached hydrogen (secondary N) is 2. The van der Waals surface area contributed by atoms with Gasteiger partial charge in [-0.25, -0.2) is 4.79 Å². The van der Waals surface area contributed by atoms with Gasteiger partial charge in [0.15, 0.2) is 11.5 Å². The van der Waals surface area contributed by atoms with Crippen molar-refractivity contribution in [3.63, 3.8) is 0 Å². The summed E-state index contributed by atoms with van der Waals surface area (Å²) < 4.78 is 6.89. The van der Waals surface area contributed by atoms with Crippen molar-refractivity contribution >= 4 is 17.6 Å². The highest BCUT2D eigenvalue weighted by molar-refractivity contribution is 5.85. The van der Waals surface area contributed by atoms with E-state index in [0.29, 0.717) is 11.5 Å². The molecule has 8 nitrogen and oxygen atoms in total. The van der Waals surface area contributed by atoms with E-state index in [-0.39, 0.29) is 12.5 Å². The van der Waals surface area contributed by atoms with Crippen LogP contribution >= 0.6 is 0 Å². The normalized spacial score (nSPS) is 12.7. The topological polar surface area (TPSA) is 97.6 Å². The summed E-state index contributed by atoms with van der Waals surface area (Å²) in [6.45, 7) is 7.07. The van der Waals surface area contributed by atoms with Crippen LogP contribution in [0.1, 0.15) is 33.5 Å². The van der Waals surface area contributed by atoms with Crippen LogP contribution in [-0.4, -0.2) is 38.2 Å². The van der Waals surface area contributed by atoms with Crippen molar-refractivity contribution in [1.82, 2.24) is 25.2 Å². The molecule has 0 radical (unpaired) electrons. The molecule has 2 heterocycles. The van der Waals surface area contributed by atoms with E-state index >= 15 is 0 Å². The lowest BCUT2D eigenvalue weighted by Gasteiger charge is -2.21. The molecule has 1 atom stereocenters. The van der Waals surface area contributed by atoms with Gasteiger partial charge in [-0.2, -0.15) is 0 Å². The second-order valence-corrected chi connectivity index (χ2v) is 6.13. The molecule has 2 amide bonds. The van der Waals surface area contributed by atoms with E-state index in [9.17, 15) is 9.59 Å². The van der Waals surface area contributed by atoms with Crippen molar-refractivity contribution in [3.8, 4) is 0 Å². The minimum Gasteiger partial charge on any atom is -0.444 e. The number of hydrogen-bond donors (Lipinski definition) is 2. The van der Waals surface area contributed by atoms with E-state index in [0.717, 1.165) is 0 Å². The summed E-state index contributed by atoms with van der Waals surface area (Å²) in [4.78, 5) is 23.7. The summed E-state index contributed by atoms with van der Waals surface area (Å²) in [5, 5.41) is 13.2. The third kappa shape index (κ3) is 4.67. The van der Waals surface area contributed by atoms with Gasteiger partial charge in [-0.3, -0.25) is 9.20 Å². The van der Waals surface area contributed by atoms with Crippen molar-refractivity contribution in [3.05, 3.63) is 30.2 Å². The quantitative estimate of drug-likeness (QED) is 0.884. The Labute approximate surface area is 134 Å². The molecule has 0 saturated carbocycles. The largest absolute Gasteiger partial charge is 0.444 e. The molecular weight excluding hydrogens is 298 g/mol. The number of pyridine rings is 1. The fraction of sp³-hybridized carbons (Fsp3) is 0.467. The maximum Gasteiger partial charge on any atom is 0.408 e. The Hall–Kier alpha value is -2.64. The molecule has 0 aliphatic carbocycles. The van der Waals surface area contributed by atoms with Gasteiger partial charge in [-0.1, -0.05) is 6.07 Å². The van der Waals surface area contributed by atoms with E-state index in [4.69, 9.17) is 4.74 Å². The molecule has 0 fully saturated rings. The first-order valence-corrected chi connectivity index (χ1v) is 7.32. The zero-order valence-electron chi connectivity index (χ0n) is 13.7. The van der Waals surface area contributed by atoms with Gasteiger partial charge in [0.05, 0.1) is 6.54 Å². The molecule has 2 N–H and O–H groups in total. The summed E-state index contributed by atoms with van der Waals surface area (Å²) in [5.41, 5.74) is 0.0949. The number of nitrogens with zero attached hydrogens (tertiary/aromatic N) is 3. The van der Waals surface area contributed by atoms with Crippen LogP contribution in [0.3, 0.4) is 0 Å². The van der Waals surface area contributed by atoms with E-state index in [2.05, 4.69) is 20.8 Å². The summed E-state index contributed by atoms with van der Waals surface area (Å²) in [6, 6.07) is 4.82. The van der Waals surface area contributed by atoms with E-state index in [1.165, 1.54) is 0 Å². The Morgan fingerprint density at radius 2 is 2.04 bits per heavy atom.